The van der Waals surface area contributed by atoms with Crippen molar-refractivity contribution in [1.29, 1.82) is 0 Å². The van der Waals surface area contributed by atoms with E-state index in [1.807, 2.05) is 0 Å². The van der Waals surface area contributed by atoms with E-state index in [-0.39, 0.29) is 18.6 Å². The van der Waals surface area contributed by atoms with E-state index in [9.17, 15) is 14.4 Å². The molecule has 1 atom stereocenters. The molecule has 0 spiro atoms. The van der Waals surface area contributed by atoms with Crippen LogP contribution in [0.5, 0.6) is 0 Å². The Hall–Kier alpha value is -1.04. The first-order chi connectivity index (χ1) is 7.56. The topological polar surface area (TPSA) is 69.7 Å². The summed E-state index contributed by atoms with van der Waals surface area (Å²) in [5, 5.41) is 0. The first-order valence-corrected chi connectivity index (χ1v) is 5.98. The van der Waals surface area contributed by atoms with Gasteiger partial charge in [-0.05, 0) is 6.42 Å². The minimum Gasteiger partial charge on any atom is -0.469 e. The summed E-state index contributed by atoms with van der Waals surface area (Å²) >= 11 is 1.39. The number of methoxy groups -OCH3 is 2. The average molecular weight is 246 g/mol. The second kappa shape index (κ2) is 5.34. The number of esters is 2. The van der Waals surface area contributed by atoms with Gasteiger partial charge in [0.15, 0.2) is 5.78 Å². The van der Waals surface area contributed by atoms with E-state index in [4.69, 9.17) is 0 Å². The lowest BCUT2D eigenvalue weighted by molar-refractivity contribution is -0.156. The van der Waals surface area contributed by atoms with E-state index in [1.165, 1.54) is 26.0 Å². The number of rotatable bonds is 4. The summed E-state index contributed by atoms with van der Waals surface area (Å²) < 4.78 is 9.14. The molecule has 0 bridgehead atoms. The van der Waals surface area contributed by atoms with Crippen LogP contribution in [0.2, 0.25) is 0 Å². The zero-order valence-electron chi connectivity index (χ0n) is 9.28. The molecule has 0 aromatic heterocycles. The van der Waals surface area contributed by atoms with Crippen molar-refractivity contribution < 1.29 is 23.9 Å². The van der Waals surface area contributed by atoms with Crippen molar-refractivity contribution in [3.05, 3.63) is 0 Å². The van der Waals surface area contributed by atoms with Gasteiger partial charge in [0.1, 0.15) is 5.41 Å². The van der Waals surface area contributed by atoms with E-state index in [0.29, 0.717) is 11.5 Å². The van der Waals surface area contributed by atoms with Gasteiger partial charge in [0.05, 0.1) is 20.0 Å². The highest BCUT2D eigenvalue weighted by Gasteiger charge is 2.50. The van der Waals surface area contributed by atoms with Gasteiger partial charge in [-0.3, -0.25) is 14.4 Å². The molecule has 5 nitrogen and oxygen atoms in total. The van der Waals surface area contributed by atoms with Crippen LogP contribution in [0.4, 0.5) is 0 Å². The highest BCUT2D eigenvalue weighted by molar-refractivity contribution is 8.00. The van der Waals surface area contributed by atoms with Crippen LogP contribution < -0.4 is 0 Å². The molecule has 0 amide bonds. The summed E-state index contributed by atoms with van der Waals surface area (Å²) in [6, 6.07) is 0. The SMILES string of the molecule is COC(=O)CCC1(C(=O)OC)CSCC1=O. The maximum atomic E-state index is 11.7. The van der Waals surface area contributed by atoms with Crippen molar-refractivity contribution in [1.82, 2.24) is 0 Å². The fourth-order valence-corrected chi connectivity index (χ4v) is 2.97. The molecule has 0 aromatic carbocycles. The van der Waals surface area contributed by atoms with Gasteiger partial charge < -0.3 is 9.47 Å². The van der Waals surface area contributed by atoms with E-state index < -0.39 is 17.4 Å². The number of thioether (sulfide) groups is 1. The number of ether oxygens (including phenoxy) is 2. The lowest BCUT2D eigenvalue weighted by atomic mass is 9.82. The maximum Gasteiger partial charge on any atom is 0.320 e. The third-order valence-electron chi connectivity index (χ3n) is 2.68. The molecule has 1 rings (SSSR count). The Morgan fingerprint density at radius 3 is 2.50 bits per heavy atom. The largest absolute Gasteiger partial charge is 0.469 e. The molecule has 0 radical (unpaired) electrons. The third kappa shape index (κ3) is 2.37. The van der Waals surface area contributed by atoms with Gasteiger partial charge in [-0.25, -0.2) is 0 Å². The van der Waals surface area contributed by atoms with E-state index in [1.54, 1.807) is 0 Å². The van der Waals surface area contributed by atoms with E-state index in [0.717, 1.165) is 0 Å². The third-order valence-corrected chi connectivity index (χ3v) is 3.84. The van der Waals surface area contributed by atoms with E-state index >= 15 is 0 Å². The molecule has 1 saturated heterocycles. The summed E-state index contributed by atoms with van der Waals surface area (Å²) in [4.78, 5) is 34.4. The molecule has 0 aliphatic carbocycles. The predicted octanol–water partition coefficient (Wildman–Crippen LogP) is 0.415. The van der Waals surface area contributed by atoms with Crippen LogP contribution in [-0.4, -0.2) is 43.4 Å². The standard InChI is InChI=1S/C10H14O5S/c1-14-8(12)3-4-10(9(13)15-2)6-16-5-7(10)11/h3-6H2,1-2H3. The second-order valence-electron chi connectivity index (χ2n) is 3.57. The molecule has 1 aliphatic heterocycles. The summed E-state index contributed by atoms with van der Waals surface area (Å²) in [6.45, 7) is 0. The molecular weight excluding hydrogens is 232 g/mol. The number of carbonyl (C=O) groups excluding carboxylic acids is 3. The smallest absolute Gasteiger partial charge is 0.320 e. The van der Waals surface area contributed by atoms with Crippen LogP contribution in [0.15, 0.2) is 0 Å². The lowest BCUT2D eigenvalue weighted by Crippen LogP contribution is -2.40. The average Bonchev–Trinajstić information content (AvgIpc) is 2.67. The molecular formula is C10H14O5S. The number of carbonyl (C=O) groups is 3. The monoisotopic (exact) mass is 246 g/mol. The van der Waals surface area contributed by atoms with Gasteiger partial charge >= 0.3 is 11.9 Å². The summed E-state index contributed by atoms with van der Waals surface area (Å²) in [6.07, 6.45) is 0.218. The zero-order chi connectivity index (χ0) is 12.2. The Balaban J connectivity index is 2.76. The van der Waals surface area contributed by atoms with Crippen LogP contribution in [0.25, 0.3) is 0 Å². The van der Waals surface area contributed by atoms with E-state index in [2.05, 4.69) is 9.47 Å². The lowest BCUT2D eigenvalue weighted by Gasteiger charge is -2.22. The Bertz CT molecular complexity index is 314. The fraction of sp³-hybridized carbons (Fsp3) is 0.700. The minimum absolute atomic E-state index is 0.0535. The highest BCUT2D eigenvalue weighted by atomic mass is 32.2. The van der Waals surface area contributed by atoms with Crippen molar-refractivity contribution in [3.8, 4) is 0 Å². The molecule has 6 heteroatoms. The number of hydrogen-bond donors (Lipinski definition) is 0. The Labute approximate surface area is 97.9 Å². The van der Waals surface area contributed by atoms with Crippen molar-refractivity contribution >= 4 is 29.5 Å². The molecule has 1 aliphatic rings. The van der Waals surface area contributed by atoms with Crippen LogP contribution >= 0.6 is 11.8 Å². The quantitative estimate of drug-likeness (QED) is 0.529. The number of Topliss-reactive ketones (excluding diaryl/α,β-unsaturated/α-hetero) is 1. The van der Waals surface area contributed by atoms with Crippen molar-refractivity contribution in [2.24, 2.45) is 5.41 Å². The normalized spacial score (nSPS) is 24.2. The highest BCUT2D eigenvalue weighted by Crippen LogP contribution is 2.38. The Morgan fingerprint density at radius 2 is 2.06 bits per heavy atom. The molecule has 1 heterocycles. The van der Waals surface area contributed by atoms with Gasteiger partial charge in [-0.1, -0.05) is 0 Å². The number of ketones is 1. The number of hydrogen-bond acceptors (Lipinski definition) is 6. The molecule has 90 valence electrons. The zero-order valence-corrected chi connectivity index (χ0v) is 10.1. The van der Waals surface area contributed by atoms with Gasteiger partial charge in [-0.2, -0.15) is 11.8 Å². The van der Waals surface area contributed by atoms with Crippen LogP contribution in [0, 0.1) is 5.41 Å². The molecule has 0 N–H and O–H groups in total. The van der Waals surface area contributed by atoms with Gasteiger partial charge in [-0.15, -0.1) is 0 Å². The first-order valence-electron chi connectivity index (χ1n) is 4.83. The molecule has 1 unspecified atom stereocenters. The fourth-order valence-electron chi connectivity index (χ4n) is 1.64. The molecule has 1 fully saturated rings. The van der Waals surface area contributed by atoms with Crippen molar-refractivity contribution in [2.45, 2.75) is 12.8 Å². The second-order valence-corrected chi connectivity index (χ2v) is 4.55. The molecule has 0 aromatic rings. The van der Waals surface area contributed by atoms with Crippen molar-refractivity contribution in [2.75, 3.05) is 25.7 Å². The van der Waals surface area contributed by atoms with Gasteiger partial charge in [0, 0.05) is 12.2 Å². The van der Waals surface area contributed by atoms with Gasteiger partial charge in [0.25, 0.3) is 0 Å². The maximum absolute atomic E-state index is 11.7. The molecule has 16 heavy (non-hydrogen) atoms. The van der Waals surface area contributed by atoms with Crippen LogP contribution in [0.3, 0.4) is 0 Å². The Morgan fingerprint density at radius 1 is 1.38 bits per heavy atom. The minimum atomic E-state index is -1.15. The van der Waals surface area contributed by atoms with Crippen LogP contribution in [-0.2, 0) is 23.9 Å². The van der Waals surface area contributed by atoms with Crippen LogP contribution in [0.1, 0.15) is 12.8 Å². The summed E-state index contributed by atoms with van der Waals surface area (Å²) in [5.41, 5.74) is -1.15. The first kappa shape index (κ1) is 13.0. The predicted molar refractivity (Wildman–Crippen MR) is 58.0 cm³/mol. The molecule has 0 saturated carbocycles. The summed E-state index contributed by atoms with van der Waals surface area (Å²) in [5.74, 6) is -0.446. The van der Waals surface area contributed by atoms with Gasteiger partial charge in [0.2, 0.25) is 0 Å². The van der Waals surface area contributed by atoms with Crippen molar-refractivity contribution in [3.63, 3.8) is 0 Å². The Kier molecular flexibility index (Phi) is 4.35. The summed E-state index contributed by atoms with van der Waals surface area (Å²) in [7, 11) is 2.52.